The fourth-order valence-electron chi connectivity index (χ4n) is 1.07. The number of unbranched alkanes of at least 4 members (excludes halogenated alkanes) is 1. The van der Waals surface area contributed by atoms with Crippen molar-refractivity contribution in [2.24, 2.45) is 5.73 Å². The van der Waals surface area contributed by atoms with Gasteiger partial charge in [0.2, 0.25) is 5.91 Å². The zero-order valence-corrected chi connectivity index (χ0v) is 7.44. The van der Waals surface area contributed by atoms with E-state index in [1.54, 1.807) is 17.1 Å². The zero-order chi connectivity index (χ0) is 9.68. The van der Waals surface area contributed by atoms with Crippen molar-refractivity contribution in [3.8, 4) is 0 Å². The predicted molar refractivity (Wildman–Crippen MR) is 49.7 cm³/mol. The molecule has 0 radical (unpaired) electrons. The van der Waals surface area contributed by atoms with Crippen LogP contribution in [0.5, 0.6) is 0 Å². The van der Waals surface area contributed by atoms with Crippen molar-refractivity contribution < 1.29 is 4.79 Å². The van der Waals surface area contributed by atoms with Crippen molar-refractivity contribution in [2.75, 3.05) is 5.73 Å². The summed E-state index contributed by atoms with van der Waals surface area (Å²) in [5.41, 5.74) is 11.1. The normalized spacial score (nSPS) is 10.2. The van der Waals surface area contributed by atoms with Crippen LogP contribution in [-0.4, -0.2) is 15.7 Å². The number of anilines is 1. The Morgan fingerprint density at radius 2 is 2.31 bits per heavy atom. The fourth-order valence-corrected chi connectivity index (χ4v) is 1.07. The number of primary amides is 1. The van der Waals surface area contributed by atoms with Crippen LogP contribution < -0.4 is 11.5 Å². The number of nitrogen functional groups attached to an aromatic ring is 1. The van der Waals surface area contributed by atoms with Crippen LogP contribution in [0.2, 0.25) is 0 Å². The third-order valence-corrected chi connectivity index (χ3v) is 1.71. The van der Waals surface area contributed by atoms with E-state index >= 15 is 0 Å². The maximum Gasteiger partial charge on any atom is 0.217 e. The van der Waals surface area contributed by atoms with Crippen LogP contribution in [0.15, 0.2) is 12.4 Å². The number of nitrogens with two attached hydrogens (primary N) is 2. The highest BCUT2D eigenvalue weighted by atomic mass is 16.1. The van der Waals surface area contributed by atoms with Crippen molar-refractivity contribution in [3.05, 3.63) is 12.4 Å². The van der Waals surface area contributed by atoms with E-state index in [0.717, 1.165) is 19.4 Å². The van der Waals surface area contributed by atoms with Gasteiger partial charge in [-0.1, -0.05) is 0 Å². The molecule has 0 bridgehead atoms. The average molecular weight is 182 g/mol. The molecule has 0 aliphatic heterocycles. The number of carbonyl (C=O) groups is 1. The Kier molecular flexibility index (Phi) is 3.31. The second kappa shape index (κ2) is 4.49. The highest BCUT2D eigenvalue weighted by Crippen LogP contribution is 2.01. The van der Waals surface area contributed by atoms with Crippen LogP contribution >= 0.6 is 0 Å². The smallest absolute Gasteiger partial charge is 0.217 e. The van der Waals surface area contributed by atoms with E-state index < -0.39 is 0 Å². The molecule has 0 atom stereocenters. The van der Waals surface area contributed by atoms with Crippen LogP contribution in [0.3, 0.4) is 0 Å². The van der Waals surface area contributed by atoms with Gasteiger partial charge >= 0.3 is 0 Å². The van der Waals surface area contributed by atoms with Crippen molar-refractivity contribution in [1.29, 1.82) is 0 Å². The lowest BCUT2D eigenvalue weighted by Gasteiger charge is -1.99. The Hall–Kier alpha value is -1.52. The minimum absolute atomic E-state index is 0.250. The summed E-state index contributed by atoms with van der Waals surface area (Å²) in [5, 5.41) is 4.01. The van der Waals surface area contributed by atoms with Gasteiger partial charge in [0, 0.05) is 19.2 Å². The van der Waals surface area contributed by atoms with E-state index in [0.29, 0.717) is 12.1 Å². The Bertz CT molecular complexity index is 281. The molecule has 1 aromatic heterocycles. The third kappa shape index (κ3) is 3.59. The summed E-state index contributed by atoms with van der Waals surface area (Å²) in [6.07, 6.45) is 5.51. The van der Waals surface area contributed by atoms with Crippen LogP contribution in [0.25, 0.3) is 0 Å². The number of aryl methyl sites for hydroxylation is 1. The summed E-state index contributed by atoms with van der Waals surface area (Å²) < 4.78 is 1.76. The van der Waals surface area contributed by atoms with Crippen molar-refractivity contribution >= 4 is 11.6 Å². The van der Waals surface area contributed by atoms with Crippen LogP contribution in [0.4, 0.5) is 5.69 Å². The van der Waals surface area contributed by atoms with Gasteiger partial charge in [-0.3, -0.25) is 9.48 Å². The van der Waals surface area contributed by atoms with Gasteiger partial charge in [-0.15, -0.1) is 0 Å². The first-order valence-electron chi connectivity index (χ1n) is 4.25. The van der Waals surface area contributed by atoms with E-state index in [1.165, 1.54) is 0 Å². The molecule has 0 unspecified atom stereocenters. The lowest BCUT2D eigenvalue weighted by molar-refractivity contribution is -0.118. The predicted octanol–water partition coefficient (Wildman–Crippen LogP) is 0.121. The third-order valence-electron chi connectivity index (χ3n) is 1.71. The van der Waals surface area contributed by atoms with Gasteiger partial charge in [0.1, 0.15) is 0 Å². The van der Waals surface area contributed by atoms with E-state index in [1.807, 2.05) is 0 Å². The maximum atomic E-state index is 10.4. The summed E-state index contributed by atoms with van der Waals surface area (Å²) in [6.45, 7) is 0.782. The van der Waals surface area contributed by atoms with E-state index in [9.17, 15) is 4.79 Å². The Labute approximate surface area is 76.7 Å². The van der Waals surface area contributed by atoms with Gasteiger partial charge in [0.15, 0.2) is 0 Å². The molecular weight excluding hydrogens is 168 g/mol. The molecular formula is C8H14N4O. The fraction of sp³-hybridized carbons (Fsp3) is 0.500. The number of hydrogen-bond acceptors (Lipinski definition) is 3. The highest BCUT2D eigenvalue weighted by molar-refractivity contribution is 5.73. The van der Waals surface area contributed by atoms with Gasteiger partial charge in [0.05, 0.1) is 11.9 Å². The summed E-state index contributed by atoms with van der Waals surface area (Å²) in [6, 6.07) is 0. The summed E-state index contributed by atoms with van der Waals surface area (Å²) in [5.74, 6) is -0.250. The molecule has 1 rings (SSSR count). The molecule has 0 spiro atoms. The molecule has 72 valence electrons. The van der Waals surface area contributed by atoms with Crippen LogP contribution in [-0.2, 0) is 11.3 Å². The van der Waals surface area contributed by atoms with Crippen LogP contribution in [0, 0.1) is 0 Å². The highest BCUT2D eigenvalue weighted by Gasteiger charge is 1.96. The van der Waals surface area contributed by atoms with Gasteiger partial charge in [0.25, 0.3) is 0 Å². The molecule has 5 heteroatoms. The lowest BCUT2D eigenvalue weighted by atomic mass is 10.2. The van der Waals surface area contributed by atoms with E-state index in [-0.39, 0.29) is 5.91 Å². The molecule has 1 heterocycles. The minimum Gasteiger partial charge on any atom is -0.396 e. The minimum atomic E-state index is -0.250. The van der Waals surface area contributed by atoms with Crippen LogP contribution in [0.1, 0.15) is 19.3 Å². The number of nitrogens with zero attached hydrogens (tertiary/aromatic N) is 2. The maximum absolute atomic E-state index is 10.4. The largest absolute Gasteiger partial charge is 0.396 e. The van der Waals surface area contributed by atoms with Crippen molar-refractivity contribution in [2.45, 2.75) is 25.8 Å². The number of amides is 1. The second-order valence-corrected chi connectivity index (χ2v) is 2.96. The van der Waals surface area contributed by atoms with E-state index in [2.05, 4.69) is 5.10 Å². The number of rotatable bonds is 5. The molecule has 0 fully saturated rings. The molecule has 5 nitrogen and oxygen atoms in total. The molecule has 1 amide bonds. The first kappa shape index (κ1) is 9.57. The van der Waals surface area contributed by atoms with Gasteiger partial charge in [-0.05, 0) is 12.8 Å². The number of aromatic nitrogens is 2. The summed E-state index contributed by atoms with van der Waals surface area (Å²) in [7, 11) is 0. The number of carbonyl (C=O) groups excluding carboxylic acids is 1. The van der Waals surface area contributed by atoms with Gasteiger partial charge in [-0.25, -0.2) is 0 Å². The van der Waals surface area contributed by atoms with Gasteiger partial charge < -0.3 is 11.5 Å². The quantitative estimate of drug-likeness (QED) is 0.634. The molecule has 0 saturated heterocycles. The second-order valence-electron chi connectivity index (χ2n) is 2.96. The SMILES string of the molecule is NC(=O)CCCCn1cc(N)cn1. The lowest BCUT2D eigenvalue weighted by Crippen LogP contribution is -2.10. The van der Waals surface area contributed by atoms with Gasteiger partial charge in [-0.2, -0.15) is 5.10 Å². The molecule has 0 aliphatic carbocycles. The molecule has 0 aromatic carbocycles. The standard InChI is InChI=1S/C8H14N4O/c9-7-5-11-12(6-7)4-2-1-3-8(10)13/h5-6H,1-4,9H2,(H2,10,13). The molecule has 0 saturated carbocycles. The number of hydrogen-bond donors (Lipinski definition) is 2. The summed E-state index contributed by atoms with van der Waals surface area (Å²) in [4.78, 5) is 10.4. The first-order valence-corrected chi connectivity index (χ1v) is 4.25. The summed E-state index contributed by atoms with van der Waals surface area (Å²) >= 11 is 0. The Morgan fingerprint density at radius 3 is 2.85 bits per heavy atom. The first-order chi connectivity index (χ1) is 6.18. The van der Waals surface area contributed by atoms with Crippen molar-refractivity contribution in [3.63, 3.8) is 0 Å². The Morgan fingerprint density at radius 1 is 1.54 bits per heavy atom. The molecule has 0 aliphatic rings. The monoisotopic (exact) mass is 182 g/mol. The Balaban J connectivity index is 2.16. The zero-order valence-electron chi connectivity index (χ0n) is 7.44. The van der Waals surface area contributed by atoms with Crippen molar-refractivity contribution in [1.82, 2.24) is 9.78 Å². The molecule has 1 aromatic rings. The molecule has 4 N–H and O–H groups in total. The topological polar surface area (TPSA) is 86.9 Å². The molecule has 13 heavy (non-hydrogen) atoms. The van der Waals surface area contributed by atoms with E-state index in [4.69, 9.17) is 11.5 Å². The average Bonchev–Trinajstić information content (AvgIpc) is 2.45.